The Morgan fingerprint density at radius 2 is 1.75 bits per heavy atom. The van der Waals surface area contributed by atoms with Crippen LogP contribution < -0.4 is 10.3 Å². The zero-order valence-corrected chi connectivity index (χ0v) is 20.5. The lowest BCUT2D eigenvalue weighted by molar-refractivity contribution is 0.404. The molecule has 0 fully saturated rings. The molecule has 1 aliphatic rings. The van der Waals surface area contributed by atoms with E-state index in [1.54, 1.807) is 13.8 Å². The topological polar surface area (TPSA) is 81.1 Å². The van der Waals surface area contributed by atoms with Gasteiger partial charge in [-0.2, -0.15) is 0 Å². The van der Waals surface area contributed by atoms with Gasteiger partial charge in [0.15, 0.2) is 11.6 Å². The van der Waals surface area contributed by atoms with Crippen LogP contribution in [0.5, 0.6) is 0 Å². The third-order valence-corrected chi connectivity index (χ3v) is 7.40. The number of aromatic nitrogens is 2. The Morgan fingerprint density at radius 3 is 2.42 bits per heavy atom. The number of hydrogen-bond acceptors (Lipinski definition) is 4. The standard InChI is InChI=1S/C25H25F4N3O3S/c1-14(2)32-13-30-21-10-9-20(31-36(34,35)12-26)18(22(21)25(32)33)11-15-5-3-6-16(23(15)28)17-7-4-8-19(27)24(17)29/h3-8,13-14,18,20,31H,9-12H2,1-2H3/t18-,20-/m0/s1. The molecule has 1 aliphatic carbocycles. The number of aryl methyl sites for hydroxylation is 1. The number of benzene rings is 2. The van der Waals surface area contributed by atoms with Crippen molar-refractivity contribution in [3.05, 3.63) is 87.4 Å². The van der Waals surface area contributed by atoms with E-state index in [4.69, 9.17) is 0 Å². The first kappa shape index (κ1) is 26.0. The molecule has 4 rings (SSSR count). The van der Waals surface area contributed by atoms with E-state index in [0.717, 1.165) is 6.07 Å². The van der Waals surface area contributed by atoms with Gasteiger partial charge in [-0.3, -0.25) is 9.36 Å². The van der Waals surface area contributed by atoms with E-state index in [1.165, 1.54) is 41.2 Å². The van der Waals surface area contributed by atoms with Crippen molar-refractivity contribution in [2.24, 2.45) is 0 Å². The molecule has 11 heteroatoms. The molecule has 0 saturated heterocycles. The van der Waals surface area contributed by atoms with E-state index >= 15 is 4.39 Å². The van der Waals surface area contributed by atoms with Crippen LogP contribution in [0.1, 0.15) is 49.0 Å². The van der Waals surface area contributed by atoms with Gasteiger partial charge >= 0.3 is 0 Å². The van der Waals surface area contributed by atoms with Gasteiger partial charge in [-0.15, -0.1) is 0 Å². The highest BCUT2D eigenvalue weighted by Gasteiger charge is 2.36. The minimum Gasteiger partial charge on any atom is -0.296 e. The fourth-order valence-electron chi connectivity index (χ4n) is 4.69. The highest BCUT2D eigenvalue weighted by atomic mass is 32.2. The number of nitrogens with one attached hydrogen (secondary N) is 1. The van der Waals surface area contributed by atoms with Crippen LogP contribution in [0.3, 0.4) is 0 Å². The predicted octanol–water partition coefficient (Wildman–Crippen LogP) is 4.40. The second-order valence-corrected chi connectivity index (χ2v) is 10.8. The number of alkyl halides is 1. The molecule has 36 heavy (non-hydrogen) atoms. The molecular formula is C25H25F4N3O3S. The second-order valence-electron chi connectivity index (χ2n) is 9.09. The highest BCUT2D eigenvalue weighted by molar-refractivity contribution is 7.89. The summed E-state index contributed by atoms with van der Waals surface area (Å²) < 4.78 is 84.8. The first-order valence-electron chi connectivity index (χ1n) is 11.4. The maximum atomic E-state index is 15.7. The molecule has 192 valence electrons. The van der Waals surface area contributed by atoms with E-state index in [9.17, 15) is 26.4 Å². The van der Waals surface area contributed by atoms with E-state index in [1.807, 2.05) is 0 Å². The summed E-state index contributed by atoms with van der Waals surface area (Å²) in [7, 11) is -4.29. The van der Waals surface area contributed by atoms with Crippen molar-refractivity contribution in [1.29, 1.82) is 0 Å². The molecule has 0 bridgehead atoms. The maximum absolute atomic E-state index is 15.7. The predicted molar refractivity (Wildman–Crippen MR) is 127 cm³/mol. The average molecular weight is 524 g/mol. The molecule has 3 aromatic rings. The fourth-order valence-corrected chi connectivity index (χ4v) is 5.50. The van der Waals surface area contributed by atoms with Crippen LogP contribution in [0.15, 0.2) is 47.5 Å². The molecule has 0 radical (unpaired) electrons. The summed E-state index contributed by atoms with van der Waals surface area (Å²) in [6, 6.07) is 4.87. The van der Waals surface area contributed by atoms with Crippen molar-refractivity contribution in [2.75, 3.05) is 6.01 Å². The third-order valence-electron chi connectivity index (χ3n) is 6.45. The summed E-state index contributed by atoms with van der Waals surface area (Å²) in [5.41, 5.74) is -0.0742. The van der Waals surface area contributed by atoms with E-state index < -0.39 is 51.0 Å². The van der Waals surface area contributed by atoms with Gasteiger partial charge in [0.1, 0.15) is 5.82 Å². The van der Waals surface area contributed by atoms with Gasteiger partial charge in [-0.25, -0.2) is 35.7 Å². The molecule has 0 saturated carbocycles. The van der Waals surface area contributed by atoms with Crippen molar-refractivity contribution in [3.63, 3.8) is 0 Å². The molecule has 0 unspecified atom stereocenters. The number of nitrogens with zero attached hydrogens (tertiary/aromatic N) is 2. The summed E-state index contributed by atoms with van der Waals surface area (Å²) >= 11 is 0. The molecule has 1 heterocycles. The van der Waals surface area contributed by atoms with Gasteiger partial charge in [-0.05, 0) is 44.7 Å². The number of sulfonamides is 1. The lowest BCUT2D eigenvalue weighted by Gasteiger charge is -2.33. The van der Waals surface area contributed by atoms with Crippen LogP contribution in [0.2, 0.25) is 0 Å². The maximum Gasteiger partial charge on any atom is 0.257 e. The molecule has 2 aromatic carbocycles. The van der Waals surface area contributed by atoms with Crippen LogP contribution in [-0.4, -0.2) is 30.0 Å². The molecule has 6 nitrogen and oxygen atoms in total. The third kappa shape index (κ3) is 4.94. The molecule has 0 spiro atoms. The fraction of sp³-hybridized carbons (Fsp3) is 0.360. The molecule has 0 amide bonds. The Kier molecular flexibility index (Phi) is 7.33. The molecule has 1 N–H and O–H groups in total. The molecular weight excluding hydrogens is 498 g/mol. The Balaban J connectivity index is 1.84. The first-order chi connectivity index (χ1) is 17.0. The molecule has 0 aliphatic heterocycles. The van der Waals surface area contributed by atoms with Gasteiger partial charge in [-0.1, -0.05) is 30.3 Å². The van der Waals surface area contributed by atoms with Crippen LogP contribution >= 0.6 is 0 Å². The minimum atomic E-state index is -4.29. The van der Waals surface area contributed by atoms with Gasteiger partial charge in [0.05, 0.1) is 12.0 Å². The SMILES string of the molecule is CC(C)n1cnc2c(c1=O)[C@@H](Cc1cccc(-c3cccc(F)c3F)c1F)[C@@H](NS(=O)(=O)CF)CC2. The Morgan fingerprint density at radius 1 is 1.08 bits per heavy atom. The Labute approximate surface area is 206 Å². The second kappa shape index (κ2) is 10.1. The van der Waals surface area contributed by atoms with Crippen molar-refractivity contribution in [3.8, 4) is 11.1 Å². The zero-order valence-electron chi connectivity index (χ0n) is 19.6. The summed E-state index contributed by atoms with van der Waals surface area (Å²) in [5.74, 6) is -4.02. The van der Waals surface area contributed by atoms with E-state index in [0.29, 0.717) is 5.69 Å². The van der Waals surface area contributed by atoms with Crippen molar-refractivity contribution in [2.45, 2.75) is 51.1 Å². The van der Waals surface area contributed by atoms with Gasteiger partial charge < -0.3 is 0 Å². The largest absolute Gasteiger partial charge is 0.296 e. The number of hydrogen-bond donors (Lipinski definition) is 1. The normalized spacial score (nSPS) is 17.9. The smallest absolute Gasteiger partial charge is 0.257 e. The number of halogens is 4. The van der Waals surface area contributed by atoms with Gasteiger partial charge in [0, 0.05) is 34.7 Å². The summed E-state index contributed by atoms with van der Waals surface area (Å²) in [6.07, 6.45) is 1.76. The van der Waals surface area contributed by atoms with Crippen LogP contribution in [-0.2, 0) is 22.9 Å². The Hall–Kier alpha value is -3.05. The summed E-state index contributed by atoms with van der Waals surface area (Å²) in [6.45, 7) is 3.57. The van der Waals surface area contributed by atoms with Gasteiger partial charge in [0.2, 0.25) is 16.0 Å². The average Bonchev–Trinajstić information content (AvgIpc) is 2.83. The van der Waals surface area contributed by atoms with Crippen molar-refractivity contribution < 1.29 is 26.0 Å². The molecule has 2 atom stereocenters. The summed E-state index contributed by atoms with van der Waals surface area (Å²) in [5, 5.41) is 0. The lowest BCUT2D eigenvalue weighted by Crippen LogP contribution is -2.46. The van der Waals surface area contributed by atoms with Crippen molar-refractivity contribution in [1.82, 2.24) is 14.3 Å². The first-order valence-corrected chi connectivity index (χ1v) is 13.1. The van der Waals surface area contributed by atoms with E-state index in [2.05, 4.69) is 9.71 Å². The molecule has 1 aromatic heterocycles. The van der Waals surface area contributed by atoms with Crippen LogP contribution in [0.25, 0.3) is 11.1 Å². The number of rotatable bonds is 7. The van der Waals surface area contributed by atoms with Gasteiger partial charge in [0.25, 0.3) is 5.56 Å². The number of fused-ring (bicyclic) bond motifs is 1. The monoisotopic (exact) mass is 523 g/mol. The van der Waals surface area contributed by atoms with Crippen molar-refractivity contribution >= 4 is 10.0 Å². The summed E-state index contributed by atoms with van der Waals surface area (Å²) in [4.78, 5) is 17.8. The van der Waals surface area contributed by atoms with Crippen LogP contribution in [0.4, 0.5) is 17.6 Å². The highest BCUT2D eigenvalue weighted by Crippen LogP contribution is 2.35. The van der Waals surface area contributed by atoms with E-state index in [-0.39, 0.29) is 47.6 Å². The lowest BCUT2D eigenvalue weighted by atomic mass is 9.78. The zero-order chi connectivity index (χ0) is 26.2. The Bertz CT molecular complexity index is 1460. The minimum absolute atomic E-state index is 0.0674. The van der Waals surface area contributed by atoms with Crippen LogP contribution in [0, 0.1) is 17.5 Å². The quantitative estimate of drug-likeness (QED) is 0.466.